The van der Waals surface area contributed by atoms with Gasteiger partial charge < -0.3 is 18.3 Å². The number of rotatable bonds is 7. The van der Waals surface area contributed by atoms with E-state index in [0.717, 1.165) is 47.2 Å². The highest BCUT2D eigenvalue weighted by atomic mass is 32.1. The molecule has 0 fully saturated rings. The Bertz CT molecular complexity index is 1050. The molecule has 0 unspecified atom stereocenters. The molecule has 6 nitrogen and oxygen atoms in total. The van der Waals surface area contributed by atoms with E-state index in [1.54, 1.807) is 30.9 Å². The smallest absolute Gasteiger partial charge is 0.190 e. The van der Waals surface area contributed by atoms with E-state index in [0.29, 0.717) is 0 Å². The molecule has 0 saturated carbocycles. The van der Waals surface area contributed by atoms with Crippen molar-refractivity contribution in [1.82, 2.24) is 14.1 Å². The third kappa shape index (κ3) is 3.88. The number of benzene rings is 1. The number of hydrogen-bond acceptors (Lipinski definition) is 5. The van der Waals surface area contributed by atoms with E-state index in [4.69, 9.17) is 14.1 Å². The predicted molar refractivity (Wildman–Crippen MR) is 105 cm³/mol. The third-order valence-corrected chi connectivity index (χ3v) is 5.09. The maximum atomic E-state index is 5.63. The van der Waals surface area contributed by atoms with Crippen molar-refractivity contribution in [2.75, 3.05) is 7.11 Å². The number of aryl methyl sites for hydroxylation is 1. The first-order valence-electron chi connectivity index (χ1n) is 8.71. The van der Waals surface area contributed by atoms with Crippen molar-refractivity contribution in [2.45, 2.75) is 19.5 Å². The Labute approximate surface area is 161 Å². The second kappa shape index (κ2) is 8.09. The highest BCUT2D eigenvalue weighted by Gasteiger charge is 2.11. The van der Waals surface area contributed by atoms with Crippen LogP contribution in [0.1, 0.15) is 6.42 Å². The van der Waals surface area contributed by atoms with Crippen LogP contribution in [0.15, 0.2) is 76.2 Å². The zero-order valence-corrected chi connectivity index (χ0v) is 15.8. The Kier molecular flexibility index (Phi) is 5.20. The topological polar surface area (TPSA) is 57.5 Å². The monoisotopic (exact) mass is 380 g/mol. The third-order valence-electron chi connectivity index (χ3n) is 4.23. The first-order chi connectivity index (χ1) is 13.3. The van der Waals surface area contributed by atoms with Crippen molar-refractivity contribution in [3.8, 4) is 17.2 Å². The van der Waals surface area contributed by atoms with Crippen molar-refractivity contribution in [1.29, 1.82) is 0 Å². The fourth-order valence-electron chi connectivity index (χ4n) is 2.91. The quantitative estimate of drug-likeness (QED) is 0.479. The summed E-state index contributed by atoms with van der Waals surface area (Å²) in [5.74, 6) is 1.60. The molecule has 0 N–H and O–H groups in total. The number of para-hydroxylation sites is 2. The molecule has 0 aliphatic rings. The molecule has 3 heterocycles. The van der Waals surface area contributed by atoms with Crippen LogP contribution in [0.2, 0.25) is 0 Å². The number of aromatic nitrogens is 3. The number of ether oxygens (including phenoxy) is 1. The lowest BCUT2D eigenvalue weighted by molar-refractivity contribution is 0.416. The number of thiazole rings is 1. The molecule has 0 atom stereocenters. The number of furan rings is 1. The highest BCUT2D eigenvalue weighted by molar-refractivity contribution is 7.07. The summed E-state index contributed by atoms with van der Waals surface area (Å²) in [5.41, 5.74) is 1.85. The van der Waals surface area contributed by atoms with Crippen LogP contribution in [-0.2, 0) is 13.1 Å². The highest BCUT2D eigenvalue weighted by Crippen LogP contribution is 2.27. The van der Waals surface area contributed by atoms with Gasteiger partial charge in [0.1, 0.15) is 11.4 Å². The molecule has 0 saturated heterocycles. The van der Waals surface area contributed by atoms with Crippen molar-refractivity contribution >= 4 is 17.0 Å². The van der Waals surface area contributed by atoms with E-state index in [1.807, 2.05) is 48.9 Å². The first kappa shape index (κ1) is 17.4. The van der Waals surface area contributed by atoms with E-state index in [2.05, 4.69) is 19.5 Å². The van der Waals surface area contributed by atoms with Gasteiger partial charge in [0.15, 0.2) is 10.6 Å². The van der Waals surface area contributed by atoms with Gasteiger partial charge in [-0.1, -0.05) is 12.1 Å². The molecule has 0 amide bonds. The van der Waals surface area contributed by atoms with E-state index >= 15 is 0 Å². The second-order valence-electron chi connectivity index (χ2n) is 5.97. The van der Waals surface area contributed by atoms with Crippen LogP contribution in [0.3, 0.4) is 0 Å². The van der Waals surface area contributed by atoms with Gasteiger partial charge in [0, 0.05) is 30.9 Å². The lowest BCUT2D eigenvalue weighted by atomic mass is 10.3. The Hall–Kier alpha value is -3.06. The van der Waals surface area contributed by atoms with Crippen molar-refractivity contribution in [3.05, 3.63) is 71.6 Å². The Morgan fingerprint density at radius 1 is 1.19 bits per heavy atom. The summed E-state index contributed by atoms with van der Waals surface area (Å²) in [4.78, 5) is 9.87. The van der Waals surface area contributed by atoms with Crippen LogP contribution >= 0.6 is 11.3 Å². The van der Waals surface area contributed by atoms with Crippen molar-refractivity contribution in [2.24, 2.45) is 4.99 Å². The van der Waals surface area contributed by atoms with Gasteiger partial charge in [-0.15, -0.1) is 11.3 Å². The summed E-state index contributed by atoms with van der Waals surface area (Å²) < 4.78 is 15.3. The van der Waals surface area contributed by atoms with Gasteiger partial charge in [-0.3, -0.25) is 0 Å². The van der Waals surface area contributed by atoms with E-state index in [-0.39, 0.29) is 0 Å². The van der Waals surface area contributed by atoms with Gasteiger partial charge in [-0.2, -0.15) is 0 Å². The fourth-order valence-corrected chi connectivity index (χ4v) is 3.84. The zero-order chi connectivity index (χ0) is 18.5. The Balaban J connectivity index is 1.69. The number of nitrogens with zero attached hydrogens (tertiary/aromatic N) is 4. The largest absolute Gasteiger partial charge is 0.494 e. The van der Waals surface area contributed by atoms with Crippen LogP contribution < -0.4 is 9.54 Å². The summed E-state index contributed by atoms with van der Waals surface area (Å²) in [6, 6.07) is 11.7. The molecule has 4 rings (SSSR count). The lowest BCUT2D eigenvalue weighted by Crippen LogP contribution is -2.17. The Morgan fingerprint density at radius 2 is 2.11 bits per heavy atom. The number of hydrogen-bond donors (Lipinski definition) is 0. The first-order valence-corrected chi connectivity index (χ1v) is 9.59. The van der Waals surface area contributed by atoms with Crippen LogP contribution in [-0.4, -0.2) is 21.2 Å². The molecule has 138 valence electrons. The molecule has 4 aromatic rings. The van der Waals surface area contributed by atoms with Gasteiger partial charge in [-0.05, 0) is 30.7 Å². The van der Waals surface area contributed by atoms with Crippen LogP contribution in [0, 0.1) is 0 Å². The maximum Gasteiger partial charge on any atom is 0.190 e. The maximum absolute atomic E-state index is 5.63. The molecular formula is C20H20N4O2S. The Morgan fingerprint density at radius 3 is 2.89 bits per heavy atom. The molecule has 3 aromatic heterocycles. The molecule has 0 radical (unpaired) electrons. The van der Waals surface area contributed by atoms with Crippen molar-refractivity contribution in [3.63, 3.8) is 0 Å². The van der Waals surface area contributed by atoms with Gasteiger partial charge in [-0.25, -0.2) is 9.98 Å². The van der Waals surface area contributed by atoms with E-state index < -0.39 is 0 Å². The minimum Gasteiger partial charge on any atom is -0.494 e. The minimum absolute atomic E-state index is 0.760. The second-order valence-corrected chi connectivity index (χ2v) is 6.81. The van der Waals surface area contributed by atoms with Gasteiger partial charge >= 0.3 is 0 Å². The standard InChI is InChI=1S/C20H20N4O2S/c1-25-18-7-3-2-6-16(18)22-20-24(11-5-10-23-12-9-21-15-23)17(14-27-20)19-8-4-13-26-19/h2-4,6-9,12-15H,5,10-11H2,1H3. The normalized spacial score (nSPS) is 11.8. The average Bonchev–Trinajstić information content (AvgIpc) is 3.45. The summed E-state index contributed by atoms with van der Waals surface area (Å²) in [5, 5.41) is 2.09. The zero-order valence-electron chi connectivity index (χ0n) is 15.0. The minimum atomic E-state index is 0.760. The van der Waals surface area contributed by atoms with Gasteiger partial charge in [0.2, 0.25) is 0 Å². The lowest BCUT2D eigenvalue weighted by Gasteiger charge is -2.08. The van der Waals surface area contributed by atoms with Crippen LogP contribution in [0.25, 0.3) is 11.5 Å². The molecule has 1 aromatic carbocycles. The molecule has 0 aliphatic heterocycles. The van der Waals surface area contributed by atoms with Crippen molar-refractivity contribution < 1.29 is 9.15 Å². The molecule has 0 bridgehead atoms. The number of imidazole rings is 1. The summed E-state index contributed by atoms with van der Waals surface area (Å²) in [7, 11) is 1.66. The molecule has 0 aliphatic carbocycles. The summed E-state index contributed by atoms with van der Waals surface area (Å²) in [6.07, 6.45) is 8.27. The van der Waals surface area contributed by atoms with Crippen LogP contribution in [0.4, 0.5) is 5.69 Å². The SMILES string of the molecule is COc1ccccc1N=c1scc(-c2ccco2)n1CCCn1ccnc1. The van der Waals surface area contributed by atoms with E-state index in [1.165, 1.54) is 0 Å². The summed E-state index contributed by atoms with van der Waals surface area (Å²) in [6.45, 7) is 1.72. The van der Waals surface area contributed by atoms with E-state index in [9.17, 15) is 0 Å². The average molecular weight is 380 g/mol. The fraction of sp³-hybridized carbons (Fsp3) is 0.200. The predicted octanol–water partition coefficient (Wildman–Crippen LogP) is 4.34. The molecule has 7 heteroatoms. The summed E-state index contributed by atoms with van der Waals surface area (Å²) >= 11 is 1.60. The van der Waals surface area contributed by atoms with Gasteiger partial charge in [0.05, 0.1) is 25.4 Å². The molecular weight excluding hydrogens is 360 g/mol. The van der Waals surface area contributed by atoms with Crippen LogP contribution in [0.5, 0.6) is 5.75 Å². The number of methoxy groups -OCH3 is 1. The molecule has 0 spiro atoms. The van der Waals surface area contributed by atoms with Gasteiger partial charge in [0.25, 0.3) is 0 Å². The molecule has 27 heavy (non-hydrogen) atoms.